The van der Waals surface area contributed by atoms with Gasteiger partial charge < -0.3 is 10.2 Å². The summed E-state index contributed by atoms with van der Waals surface area (Å²) in [6, 6.07) is 10.0. The van der Waals surface area contributed by atoms with Gasteiger partial charge in [-0.05, 0) is 24.9 Å². The summed E-state index contributed by atoms with van der Waals surface area (Å²) in [6.07, 6.45) is -3.32. The van der Waals surface area contributed by atoms with Crippen LogP contribution >= 0.6 is 0 Å². The third-order valence-electron chi connectivity index (χ3n) is 4.04. The number of carbonyl (C=O) groups is 2. The normalized spacial score (nSPS) is 18.4. The molecule has 1 saturated heterocycles. The highest BCUT2D eigenvalue weighted by Crippen LogP contribution is 2.28. The molecular weight excluding hydrogens is 339 g/mol. The number of hydrogen-bond acceptors (Lipinski definition) is 3. The van der Waals surface area contributed by atoms with Crippen molar-refractivity contribution in [3.8, 4) is 0 Å². The van der Waals surface area contributed by atoms with Gasteiger partial charge in [-0.3, -0.25) is 9.69 Å². The van der Waals surface area contributed by atoms with Gasteiger partial charge >= 0.3 is 18.1 Å². The molecule has 1 aromatic carbocycles. The second kappa shape index (κ2) is 8.33. The maximum atomic E-state index is 11.2. The van der Waals surface area contributed by atoms with E-state index in [2.05, 4.69) is 30.9 Å². The van der Waals surface area contributed by atoms with E-state index in [1.165, 1.54) is 5.56 Å². The minimum atomic E-state index is -5.08. The lowest BCUT2D eigenvalue weighted by Gasteiger charge is -2.32. The zero-order chi connectivity index (χ0) is 19.3. The largest absolute Gasteiger partial charge is 0.490 e. The van der Waals surface area contributed by atoms with E-state index < -0.39 is 18.1 Å². The van der Waals surface area contributed by atoms with Gasteiger partial charge in [0.2, 0.25) is 0 Å². The third-order valence-corrected chi connectivity index (χ3v) is 4.04. The first kappa shape index (κ1) is 21.0. The molecule has 0 saturated carbocycles. The molecule has 1 fully saturated rings. The summed E-state index contributed by atoms with van der Waals surface area (Å²) in [7, 11) is 0. The highest BCUT2D eigenvalue weighted by molar-refractivity contribution is 5.74. The summed E-state index contributed by atoms with van der Waals surface area (Å²) < 4.78 is 31.7. The van der Waals surface area contributed by atoms with Crippen LogP contribution in [0.25, 0.3) is 0 Å². The van der Waals surface area contributed by atoms with Gasteiger partial charge in [-0.15, -0.1) is 0 Å². The predicted molar refractivity (Wildman–Crippen MR) is 85.4 cm³/mol. The molecule has 0 aromatic heterocycles. The number of carboxylic acids is 2. The van der Waals surface area contributed by atoms with Crippen molar-refractivity contribution in [3.63, 3.8) is 0 Å². The Morgan fingerprint density at radius 3 is 2.12 bits per heavy atom. The molecule has 2 rings (SSSR count). The Balaban J connectivity index is 0.000000381. The Morgan fingerprint density at radius 1 is 1.16 bits per heavy atom. The van der Waals surface area contributed by atoms with E-state index in [1.807, 2.05) is 18.2 Å². The van der Waals surface area contributed by atoms with Crippen molar-refractivity contribution in [2.24, 2.45) is 0 Å². The molecule has 140 valence electrons. The van der Waals surface area contributed by atoms with Crippen LogP contribution in [0.2, 0.25) is 0 Å². The number of alkyl halides is 3. The van der Waals surface area contributed by atoms with Crippen LogP contribution in [0, 0.1) is 0 Å². The lowest BCUT2D eigenvalue weighted by atomic mass is 9.84. The number of halogens is 3. The first-order chi connectivity index (χ1) is 11.4. The van der Waals surface area contributed by atoms with E-state index in [4.69, 9.17) is 9.90 Å². The quantitative estimate of drug-likeness (QED) is 0.861. The highest BCUT2D eigenvalue weighted by Gasteiger charge is 2.38. The van der Waals surface area contributed by atoms with Crippen molar-refractivity contribution in [1.29, 1.82) is 0 Å². The Bertz CT molecular complexity index is 587. The van der Waals surface area contributed by atoms with Crippen LogP contribution in [0.1, 0.15) is 32.3 Å². The average Bonchev–Trinajstić information content (AvgIpc) is 2.95. The number of aliphatic carboxylic acids is 2. The van der Waals surface area contributed by atoms with Crippen LogP contribution in [-0.4, -0.2) is 52.4 Å². The lowest BCUT2D eigenvalue weighted by molar-refractivity contribution is -0.192. The molecule has 1 unspecified atom stereocenters. The highest BCUT2D eigenvalue weighted by atomic mass is 19.4. The minimum Gasteiger partial charge on any atom is -0.480 e. The molecule has 0 bridgehead atoms. The Hall–Kier alpha value is -2.09. The Kier molecular flexibility index (Phi) is 6.98. The summed E-state index contributed by atoms with van der Waals surface area (Å²) in [5.41, 5.74) is 1.25. The van der Waals surface area contributed by atoms with Crippen LogP contribution in [0.3, 0.4) is 0 Å². The second-order valence-corrected chi connectivity index (χ2v) is 6.52. The van der Waals surface area contributed by atoms with Crippen LogP contribution in [0.5, 0.6) is 0 Å². The topological polar surface area (TPSA) is 77.8 Å². The summed E-state index contributed by atoms with van der Waals surface area (Å²) in [5.74, 6) is -3.44. The van der Waals surface area contributed by atoms with Gasteiger partial charge in [-0.2, -0.15) is 13.2 Å². The molecular formula is C17H22F3NO4. The maximum Gasteiger partial charge on any atom is 0.490 e. The van der Waals surface area contributed by atoms with Gasteiger partial charge in [-0.25, -0.2) is 4.79 Å². The maximum absolute atomic E-state index is 11.2. The standard InChI is InChI=1S/C15H21NO2.C2HF3O2/c1-15(2,12-7-4-3-5-8-12)11-16-10-6-9-13(16)14(17)18;3-2(4,5)1(6)7/h3-5,7-8,13H,6,9-11H2,1-2H3,(H,17,18);(H,6,7). The van der Waals surface area contributed by atoms with Gasteiger partial charge in [-0.1, -0.05) is 44.2 Å². The van der Waals surface area contributed by atoms with E-state index in [0.29, 0.717) is 0 Å². The van der Waals surface area contributed by atoms with Crippen LogP contribution in [0.4, 0.5) is 13.2 Å². The molecule has 1 aromatic rings. The molecule has 1 aliphatic heterocycles. The molecule has 25 heavy (non-hydrogen) atoms. The third kappa shape index (κ3) is 6.38. The molecule has 8 heteroatoms. The van der Waals surface area contributed by atoms with Crippen LogP contribution < -0.4 is 0 Å². The van der Waals surface area contributed by atoms with E-state index in [0.717, 1.165) is 25.9 Å². The number of likely N-dealkylation sites (tertiary alicyclic amines) is 1. The van der Waals surface area contributed by atoms with Gasteiger partial charge in [0.25, 0.3) is 0 Å². The fourth-order valence-electron chi connectivity index (χ4n) is 2.78. The first-order valence-corrected chi connectivity index (χ1v) is 7.77. The number of rotatable bonds is 4. The van der Waals surface area contributed by atoms with Crippen molar-refractivity contribution >= 4 is 11.9 Å². The zero-order valence-electron chi connectivity index (χ0n) is 14.1. The fraction of sp³-hybridized carbons (Fsp3) is 0.529. The van der Waals surface area contributed by atoms with Gasteiger partial charge in [0.05, 0.1) is 0 Å². The summed E-state index contributed by atoms with van der Waals surface area (Å²) in [6.45, 7) is 6.06. The SMILES string of the molecule is CC(C)(CN1CCCC1C(=O)O)c1ccccc1.O=C(O)C(F)(F)F. The summed E-state index contributed by atoms with van der Waals surface area (Å²) in [5, 5.41) is 16.3. The van der Waals surface area contributed by atoms with Crippen molar-refractivity contribution in [3.05, 3.63) is 35.9 Å². The number of benzene rings is 1. The number of nitrogens with zero attached hydrogens (tertiary/aromatic N) is 1. The molecule has 0 aliphatic carbocycles. The Morgan fingerprint density at radius 2 is 1.68 bits per heavy atom. The Labute approximate surface area is 144 Å². The molecule has 1 heterocycles. The predicted octanol–water partition coefficient (Wildman–Crippen LogP) is 3.15. The zero-order valence-corrected chi connectivity index (χ0v) is 14.1. The van der Waals surface area contributed by atoms with E-state index >= 15 is 0 Å². The molecule has 1 aliphatic rings. The molecule has 5 nitrogen and oxygen atoms in total. The summed E-state index contributed by atoms with van der Waals surface area (Å²) >= 11 is 0. The average molecular weight is 361 g/mol. The van der Waals surface area contributed by atoms with Gasteiger partial charge in [0, 0.05) is 12.0 Å². The first-order valence-electron chi connectivity index (χ1n) is 7.77. The monoisotopic (exact) mass is 361 g/mol. The van der Waals surface area contributed by atoms with Crippen LogP contribution in [0.15, 0.2) is 30.3 Å². The van der Waals surface area contributed by atoms with Crippen molar-refractivity contribution in [2.45, 2.75) is 44.3 Å². The van der Waals surface area contributed by atoms with E-state index in [9.17, 15) is 23.1 Å². The second-order valence-electron chi connectivity index (χ2n) is 6.52. The summed E-state index contributed by atoms with van der Waals surface area (Å²) in [4.78, 5) is 22.2. The van der Waals surface area contributed by atoms with Gasteiger partial charge in [0.1, 0.15) is 6.04 Å². The van der Waals surface area contributed by atoms with Crippen molar-refractivity contribution < 1.29 is 33.0 Å². The van der Waals surface area contributed by atoms with Gasteiger partial charge in [0.15, 0.2) is 0 Å². The molecule has 0 radical (unpaired) electrons. The molecule has 1 atom stereocenters. The fourth-order valence-corrected chi connectivity index (χ4v) is 2.78. The molecule has 2 N–H and O–H groups in total. The van der Waals surface area contributed by atoms with E-state index in [-0.39, 0.29) is 11.5 Å². The van der Waals surface area contributed by atoms with Crippen molar-refractivity contribution in [1.82, 2.24) is 4.90 Å². The number of hydrogen-bond donors (Lipinski definition) is 2. The van der Waals surface area contributed by atoms with E-state index in [1.54, 1.807) is 0 Å². The number of carboxylic acid groups (broad SMARTS) is 2. The smallest absolute Gasteiger partial charge is 0.480 e. The molecule has 0 amide bonds. The van der Waals surface area contributed by atoms with Crippen LogP contribution in [-0.2, 0) is 15.0 Å². The van der Waals surface area contributed by atoms with Crippen molar-refractivity contribution in [2.75, 3.05) is 13.1 Å². The lowest BCUT2D eigenvalue weighted by Crippen LogP contribution is -2.43. The molecule has 0 spiro atoms. The minimum absolute atomic E-state index is 0.0146.